The molecular formula is C14H16N2O3. The Labute approximate surface area is 111 Å². The van der Waals surface area contributed by atoms with Gasteiger partial charge >= 0.3 is 5.97 Å². The standard InChI is InChI=1S/C14H16N2O3/c17-12(18)7-15-13(19)10-1-3-11(4-2-10)16-8-14(9-16)5-6-14/h1-4H,5-9H2,(H,15,19)(H,17,18). The topological polar surface area (TPSA) is 69.6 Å². The smallest absolute Gasteiger partial charge is 0.322 e. The van der Waals surface area contributed by atoms with Gasteiger partial charge < -0.3 is 15.3 Å². The summed E-state index contributed by atoms with van der Waals surface area (Å²) in [6.07, 6.45) is 2.69. The van der Waals surface area contributed by atoms with Crippen molar-refractivity contribution in [1.82, 2.24) is 5.32 Å². The Balaban J connectivity index is 1.59. The van der Waals surface area contributed by atoms with E-state index < -0.39 is 5.97 Å². The maximum absolute atomic E-state index is 11.6. The van der Waals surface area contributed by atoms with Crippen molar-refractivity contribution >= 4 is 17.6 Å². The van der Waals surface area contributed by atoms with E-state index in [9.17, 15) is 9.59 Å². The van der Waals surface area contributed by atoms with Gasteiger partial charge in [0.05, 0.1) is 0 Å². The molecule has 1 spiro atoms. The van der Waals surface area contributed by atoms with Gasteiger partial charge in [-0.1, -0.05) is 0 Å². The zero-order valence-electron chi connectivity index (χ0n) is 10.6. The number of hydrogen-bond acceptors (Lipinski definition) is 3. The third-order valence-corrected chi connectivity index (χ3v) is 3.90. The molecule has 0 bridgehead atoms. The maximum Gasteiger partial charge on any atom is 0.322 e. The first-order chi connectivity index (χ1) is 9.08. The molecule has 1 aliphatic carbocycles. The molecule has 0 aromatic heterocycles. The lowest BCUT2D eigenvalue weighted by Crippen LogP contribution is -2.48. The van der Waals surface area contributed by atoms with Crippen molar-refractivity contribution in [2.75, 3.05) is 24.5 Å². The summed E-state index contributed by atoms with van der Waals surface area (Å²) in [6, 6.07) is 7.32. The maximum atomic E-state index is 11.6. The van der Waals surface area contributed by atoms with Crippen LogP contribution in [0.4, 0.5) is 5.69 Å². The van der Waals surface area contributed by atoms with Crippen LogP contribution in [0.3, 0.4) is 0 Å². The van der Waals surface area contributed by atoms with Gasteiger partial charge in [0.2, 0.25) is 0 Å². The lowest BCUT2D eigenvalue weighted by molar-refractivity contribution is -0.135. The number of carboxylic acid groups (broad SMARTS) is 1. The van der Waals surface area contributed by atoms with Crippen LogP contribution in [0.1, 0.15) is 23.2 Å². The molecule has 2 fully saturated rings. The molecule has 5 heteroatoms. The molecule has 0 radical (unpaired) electrons. The molecule has 0 unspecified atom stereocenters. The normalized spacial score (nSPS) is 18.8. The largest absolute Gasteiger partial charge is 0.480 e. The lowest BCUT2D eigenvalue weighted by Gasteiger charge is -2.41. The van der Waals surface area contributed by atoms with E-state index in [4.69, 9.17) is 5.11 Å². The molecule has 2 N–H and O–H groups in total. The van der Waals surface area contributed by atoms with Crippen molar-refractivity contribution < 1.29 is 14.7 Å². The highest BCUT2D eigenvalue weighted by molar-refractivity contribution is 5.96. The summed E-state index contributed by atoms with van der Waals surface area (Å²) in [5.74, 6) is -1.39. The fourth-order valence-electron chi connectivity index (χ4n) is 2.52. The second-order valence-electron chi connectivity index (χ2n) is 5.48. The number of rotatable bonds is 4. The van der Waals surface area contributed by atoms with E-state index in [1.54, 1.807) is 12.1 Å². The average molecular weight is 260 g/mol. The van der Waals surface area contributed by atoms with Gasteiger partial charge in [-0.3, -0.25) is 9.59 Å². The molecule has 2 aliphatic rings. The van der Waals surface area contributed by atoms with Gasteiger partial charge in [0, 0.05) is 29.8 Å². The van der Waals surface area contributed by atoms with E-state index in [1.165, 1.54) is 12.8 Å². The van der Waals surface area contributed by atoms with Crippen LogP contribution >= 0.6 is 0 Å². The van der Waals surface area contributed by atoms with Crippen LogP contribution in [-0.4, -0.2) is 36.6 Å². The zero-order valence-corrected chi connectivity index (χ0v) is 10.6. The minimum atomic E-state index is -1.04. The van der Waals surface area contributed by atoms with Crippen molar-refractivity contribution in [3.63, 3.8) is 0 Å². The number of amides is 1. The van der Waals surface area contributed by atoms with Crippen LogP contribution < -0.4 is 10.2 Å². The van der Waals surface area contributed by atoms with E-state index in [2.05, 4.69) is 10.2 Å². The minimum Gasteiger partial charge on any atom is -0.480 e. The van der Waals surface area contributed by atoms with Crippen LogP contribution in [0.5, 0.6) is 0 Å². The Morgan fingerprint density at radius 2 is 1.84 bits per heavy atom. The Morgan fingerprint density at radius 3 is 2.37 bits per heavy atom. The van der Waals surface area contributed by atoms with E-state index in [-0.39, 0.29) is 12.5 Å². The highest BCUT2D eigenvalue weighted by atomic mass is 16.4. The predicted octanol–water partition coefficient (Wildman–Crippen LogP) is 1.10. The van der Waals surface area contributed by atoms with Crippen LogP contribution in [0.25, 0.3) is 0 Å². The summed E-state index contributed by atoms with van der Waals surface area (Å²) >= 11 is 0. The number of carboxylic acids is 1. The minimum absolute atomic E-state index is 0.351. The second-order valence-corrected chi connectivity index (χ2v) is 5.48. The summed E-state index contributed by atoms with van der Waals surface area (Å²) in [7, 11) is 0. The molecule has 5 nitrogen and oxygen atoms in total. The summed E-state index contributed by atoms with van der Waals surface area (Å²) in [4.78, 5) is 24.3. The van der Waals surface area contributed by atoms with Gasteiger partial charge in [0.25, 0.3) is 5.91 Å². The van der Waals surface area contributed by atoms with Crippen LogP contribution in [0.2, 0.25) is 0 Å². The number of anilines is 1. The Kier molecular flexibility index (Phi) is 2.69. The molecule has 0 atom stereocenters. The zero-order chi connectivity index (χ0) is 13.5. The Bertz CT molecular complexity index is 512. The van der Waals surface area contributed by atoms with Gasteiger partial charge in [-0.2, -0.15) is 0 Å². The van der Waals surface area contributed by atoms with Crippen molar-refractivity contribution in [2.45, 2.75) is 12.8 Å². The summed E-state index contributed by atoms with van der Waals surface area (Å²) in [6.45, 7) is 1.89. The molecular weight excluding hydrogens is 244 g/mol. The molecule has 19 heavy (non-hydrogen) atoms. The first-order valence-corrected chi connectivity index (χ1v) is 6.43. The number of carbonyl (C=O) groups excluding carboxylic acids is 1. The van der Waals surface area contributed by atoms with Gasteiger partial charge in [-0.25, -0.2) is 0 Å². The molecule has 3 rings (SSSR count). The average Bonchev–Trinajstić information content (AvgIpc) is 3.15. The third kappa shape index (κ3) is 2.41. The number of nitrogens with one attached hydrogen (secondary N) is 1. The number of carbonyl (C=O) groups is 2. The first kappa shape index (κ1) is 12.0. The molecule has 1 saturated heterocycles. The Morgan fingerprint density at radius 1 is 1.21 bits per heavy atom. The first-order valence-electron chi connectivity index (χ1n) is 6.43. The van der Waals surface area contributed by atoms with Crippen molar-refractivity contribution in [1.29, 1.82) is 0 Å². The Hall–Kier alpha value is -2.04. The molecule has 1 aromatic carbocycles. The van der Waals surface area contributed by atoms with E-state index >= 15 is 0 Å². The van der Waals surface area contributed by atoms with Crippen LogP contribution in [0.15, 0.2) is 24.3 Å². The van der Waals surface area contributed by atoms with E-state index in [1.807, 2.05) is 12.1 Å². The van der Waals surface area contributed by atoms with Crippen molar-refractivity contribution in [3.8, 4) is 0 Å². The number of aliphatic carboxylic acids is 1. The fourth-order valence-corrected chi connectivity index (χ4v) is 2.52. The van der Waals surface area contributed by atoms with Gasteiger partial charge in [0.15, 0.2) is 0 Å². The number of nitrogens with zero attached hydrogens (tertiary/aromatic N) is 1. The highest BCUT2D eigenvalue weighted by Gasteiger charge is 2.52. The molecule has 1 aliphatic heterocycles. The lowest BCUT2D eigenvalue weighted by atomic mass is 9.96. The third-order valence-electron chi connectivity index (χ3n) is 3.90. The fraction of sp³-hybridized carbons (Fsp3) is 0.429. The van der Waals surface area contributed by atoms with Crippen molar-refractivity contribution in [2.24, 2.45) is 5.41 Å². The second kappa shape index (κ2) is 4.26. The van der Waals surface area contributed by atoms with Crippen LogP contribution in [0, 0.1) is 5.41 Å². The summed E-state index contributed by atoms with van der Waals surface area (Å²) < 4.78 is 0. The van der Waals surface area contributed by atoms with Crippen LogP contribution in [-0.2, 0) is 4.79 Å². The van der Waals surface area contributed by atoms with Gasteiger partial charge in [-0.05, 0) is 37.1 Å². The molecule has 1 saturated carbocycles. The molecule has 1 heterocycles. The molecule has 100 valence electrons. The van der Waals surface area contributed by atoms with E-state index in [0.29, 0.717) is 11.0 Å². The molecule has 1 aromatic rings. The quantitative estimate of drug-likeness (QED) is 0.850. The van der Waals surface area contributed by atoms with Gasteiger partial charge in [0.1, 0.15) is 6.54 Å². The van der Waals surface area contributed by atoms with Gasteiger partial charge in [-0.15, -0.1) is 0 Å². The predicted molar refractivity (Wildman–Crippen MR) is 70.3 cm³/mol. The van der Waals surface area contributed by atoms with Crippen molar-refractivity contribution in [3.05, 3.63) is 29.8 Å². The number of hydrogen-bond donors (Lipinski definition) is 2. The highest BCUT2D eigenvalue weighted by Crippen LogP contribution is 2.53. The summed E-state index contributed by atoms with van der Waals surface area (Å²) in [5.41, 5.74) is 2.23. The SMILES string of the molecule is O=C(O)CNC(=O)c1ccc(N2CC3(CC3)C2)cc1. The number of benzene rings is 1. The van der Waals surface area contributed by atoms with E-state index in [0.717, 1.165) is 18.8 Å². The summed E-state index contributed by atoms with van der Waals surface area (Å²) in [5, 5.41) is 10.8. The molecule has 1 amide bonds. The monoisotopic (exact) mass is 260 g/mol.